The molecule has 0 aliphatic rings. The summed E-state index contributed by atoms with van der Waals surface area (Å²) < 4.78 is 33.9. The number of carbonyl (C=O) groups is 10. The predicted molar refractivity (Wildman–Crippen MR) is 522 cm³/mol. The number of carboxylic acid groups (broad SMARTS) is 10. The van der Waals surface area contributed by atoms with E-state index in [4.69, 9.17) is 115 Å². The minimum Gasteiger partial charge on any atom is -0.508 e. The fourth-order valence-corrected chi connectivity index (χ4v) is 10.6. The SMILES string of the molecule is COc1c(O)ccc(/C=C/C(=O)O)c1CO.COc1c(O)ccc(/C=C/C(=O)O)c1O.COc1cc(/C=C/C(=O)O)ccc1O.COc1ccc(/C=C/C(=O)O)c(O)c1.COc1ccc(/C=C/C(=O)O)c(O)c1O.COc1ccc(/C=C/C(=O)O)cc1O.COc1cccc(/C=C/C(=O)O)c1O.O=C(O)/C=C/c1ccc(O)c(O)c1CO.O=C(O)/C=C/c1ccc(O)cc1CO.O=C(O)/C=C/c1cccc(O)c1CO. The van der Waals surface area contributed by atoms with Gasteiger partial charge in [-0.05, 0) is 197 Å². The number of aliphatic hydroxyl groups excluding tert-OH is 4. The van der Waals surface area contributed by atoms with E-state index in [1.165, 1.54) is 195 Å². The van der Waals surface area contributed by atoms with E-state index in [1.54, 1.807) is 72.8 Å². The van der Waals surface area contributed by atoms with E-state index < -0.39 is 83.5 Å². The molecule has 44 nitrogen and oxygen atoms in total. The number of hydrogen-bond donors (Lipinski definition) is 27. The number of benzene rings is 10. The van der Waals surface area contributed by atoms with Crippen LogP contribution in [0.4, 0.5) is 0 Å². The molecule has 27 N–H and O–H groups in total. The van der Waals surface area contributed by atoms with Gasteiger partial charge in [0.15, 0.2) is 80.5 Å². The first kappa shape index (κ1) is 123. The van der Waals surface area contributed by atoms with E-state index in [9.17, 15) is 104 Å². The molecule has 44 heteroatoms. The normalized spacial score (nSPS) is 10.5. The average molecular weight is 2020 g/mol. The van der Waals surface area contributed by atoms with Gasteiger partial charge in [0.25, 0.3) is 0 Å². The van der Waals surface area contributed by atoms with Crippen molar-refractivity contribution in [2.45, 2.75) is 26.4 Å². The molecular formula is C101H102O44. The van der Waals surface area contributed by atoms with Gasteiger partial charge in [-0.2, -0.15) is 0 Å². The number of aliphatic carboxylic acids is 10. The Morgan fingerprint density at radius 2 is 0.566 bits per heavy atom. The van der Waals surface area contributed by atoms with Gasteiger partial charge in [0.05, 0.1) is 76.2 Å². The molecule has 10 aromatic carbocycles. The molecule has 0 spiro atoms. The Hall–Kier alpha value is -19.9. The Labute approximate surface area is 823 Å². The number of para-hydroxylation sites is 1. The van der Waals surface area contributed by atoms with Gasteiger partial charge in [-0.1, -0.05) is 54.6 Å². The first-order valence-corrected chi connectivity index (χ1v) is 40.3. The van der Waals surface area contributed by atoms with Gasteiger partial charge in [-0.25, -0.2) is 47.9 Å². The van der Waals surface area contributed by atoms with Gasteiger partial charge in [0, 0.05) is 106 Å². The average Bonchev–Trinajstić information content (AvgIpc) is 0.827. The first-order valence-electron chi connectivity index (χ1n) is 40.3. The third-order valence-corrected chi connectivity index (χ3v) is 17.4. The summed E-state index contributed by atoms with van der Waals surface area (Å²) in [5.41, 5.74) is 5.72. The Balaban J connectivity index is 0.000000806. The first-order chi connectivity index (χ1) is 68.6. The highest BCUT2D eigenvalue weighted by atomic mass is 16.5. The van der Waals surface area contributed by atoms with E-state index >= 15 is 0 Å². The predicted octanol–water partition coefficient (Wildman–Crippen LogP) is 12.0. The molecule has 770 valence electrons. The summed E-state index contributed by atoms with van der Waals surface area (Å²) in [5.74, 6) is -11.3. The molecule has 0 amide bonds. The Kier molecular flexibility index (Phi) is 55.9. The van der Waals surface area contributed by atoms with Crippen LogP contribution in [0, 0.1) is 0 Å². The largest absolute Gasteiger partial charge is 0.508 e. The maximum Gasteiger partial charge on any atom is 0.328 e. The minimum absolute atomic E-state index is 0.0122. The Morgan fingerprint density at radius 3 is 1.00 bits per heavy atom. The number of aromatic hydroxyl groups is 13. The molecule has 0 aromatic heterocycles. The van der Waals surface area contributed by atoms with E-state index in [1.807, 2.05) is 0 Å². The summed E-state index contributed by atoms with van der Waals surface area (Å²) >= 11 is 0. The van der Waals surface area contributed by atoms with E-state index in [2.05, 4.69) is 0 Å². The van der Waals surface area contributed by atoms with Crippen LogP contribution in [-0.2, 0) is 74.4 Å². The van der Waals surface area contributed by atoms with Crippen LogP contribution < -0.4 is 33.2 Å². The van der Waals surface area contributed by atoms with Gasteiger partial charge in [0.1, 0.15) is 23.0 Å². The van der Waals surface area contributed by atoms with Crippen LogP contribution in [0.3, 0.4) is 0 Å². The molecule has 0 saturated carbocycles. The quantitative estimate of drug-likeness (QED) is 0.0142. The third kappa shape index (κ3) is 46.2. The van der Waals surface area contributed by atoms with Gasteiger partial charge in [-0.3, -0.25) is 0 Å². The molecule has 0 aliphatic carbocycles. The summed E-state index contributed by atoms with van der Waals surface area (Å²) in [6.07, 6.45) is 22.5. The number of phenolic OH excluding ortho intramolecular Hbond substituents is 11. The molecule has 0 radical (unpaired) electrons. The van der Waals surface area contributed by atoms with Gasteiger partial charge in [0.2, 0.25) is 11.5 Å². The van der Waals surface area contributed by atoms with Crippen LogP contribution in [0.5, 0.6) is 115 Å². The molecule has 0 bridgehead atoms. The lowest BCUT2D eigenvalue weighted by Gasteiger charge is -2.10. The van der Waals surface area contributed by atoms with Crippen molar-refractivity contribution < 1.29 is 219 Å². The van der Waals surface area contributed by atoms with Crippen molar-refractivity contribution in [1.82, 2.24) is 0 Å². The van der Waals surface area contributed by atoms with E-state index in [0.29, 0.717) is 84.2 Å². The Morgan fingerprint density at radius 1 is 0.221 bits per heavy atom. The molecule has 0 atom stereocenters. The summed E-state index contributed by atoms with van der Waals surface area (Å²) in [6, 6.07) is 38.8. The van der Waals surface area contributed by atoms with Crippen molar-refractivity contribution in [3.05, 3.63) is 296 Å². The van der Waals surface area contributed by atoms with Crippen molar-refractivity contribution in [2.75, 3.05) is 49.8 Å². The zero-order chi connectivity index (χ0) is 110. The smallest absolute Gasteiger partial charge is 0.328 e. The highest BCUT2D eigenvalue weighted by Gasteiger charge is 2.17. The van der Waals surface area contributed by atoms with Crippen molar-refractivity contribution in [3.63, 3.8) is 0 Å². The second-order valence-corrected chi connectivity index (χ2v) is 27.1. The fraction of sp³-hybridized carbons (Fsp3) is 0.109. The number of aliphatic hydroxyl groups is 4. The van der Waals surface area contributed by atoms with Crippen molar-refractivity contribution in [2.24, 2.45) is 0 Å². The number of hydrogen-bond acceptors (Lipinski definition) is 34. The number of carboxylic acids is 10. The van der Waals surface area contributed by atoms with Crippen LogP contribution in [0.15, 0.2) is 218 Å². The summed E-state index contributed by atoms with van der Waals surface area (Å²) in [7, 11) is 9.79. The molecule has 10 aromatic rings. The lowest BCUT2D eigenvalue weighted by Crippen LogP contribution is -1.96. The van der Waals surface area contributed by atoms with Crippen LogP contribution in [-0.4, -0.2) is 247 Å². The number of phenols is 13. The topological polar surface area (TPSA) is 782 Å². The summed E-state index contributed by atoms with van der Waals surface area (Å²) in [6.45, 7) is -1.41. The standard InChI is InChI=1S/C11H12O5.3C10H10O5.6C10H10O4/c1-16-11-8(6-12)7(2-4-9(11)13)3-5-10(14)15;1-15-7-4-2-6(3-5-8(11)12)9(13)10(7)14;1-15-10-7(11)4-2-6(9(10)14)3-5-8(12)13;11-5-7-6(2-4-9(13)14)1-3-8(12)10(7)15;1-14-8-4-2-7(9(11)6-8)3-5-10(12)13;1-14-9-4-2-7(6-8(9)11)3-5-10(12)13;1-14-9-6-7(2-4-8(9)11)3-5-10(12)13;1-14-8-4-2-3-7(10(8)13)5-6-9(11)12;11-6-8-5-9(12)3-1-7(8)2-4-10(13)14;11-6-8-7(4-5-10(13)14)2-1-3-9(8)12/h2-5,12-13H,6H2,1H3,(H,14,15);2-5,13-14H,1H3,(H,11,12);2-5,11,14H,1H3,(H,12,13);1-4,11-12,15H,5H2,(H,13,14);3*2-6,11H,1H3,(H,12,13);2-6,13H,1H3,(H,11,12);2*1-5,11-12H,6H2,(H,13,14)/b3*5-3+;4-2+;3*5-3+;6-5+;4-2+;5-4+. The molecular weight excluding hydrogens is 1920 g/mol. The van der Waals surface area contributed by atoms with E-state index in [0.717, 1.165) is 60.8 Å². The van der Waals surface area contributed by atoms with Crippen molar-refractivity contribution in [3.8, 4) is 115 Å². The second kappa shape index (κ2) is 65.8. The van der Waals surface area contributed by atoms with Crippen molar-refractivity contribution in [1.29, 1.82) is 0 Å². The molecule has 0 aliphatic heterocycles. The van der Waals surface area contributed by atoms with Gasteiger partial charge in [-0.15, -0.1) is 0 Å². The summed E-state index contributed by atoms with van der Waals surface area (Å²) in [4.78, 5) is 102. The van der Waals surface area contributed by atoms with Crippen LogP contribution >= 0.6 is 0 Å². The monoisotopic (exact) mass is 2020 g/mol. The zero-order valence-electron chi connectivity index (χ0n) is 77.4. The van der Waals surface area contributed by atoms with Crippen molar-refractivity contribution >= 4 is 120 Å². The third-order valence-electron chi connectivity index (χ3n) is 17.4. The molecule has 145 heavy (non-hydrogen) atoms. The summed E-state index contributed by atoms with van der Waals surface area (Å²) in [5, 5.41) is 241. The molecule has 0 fully saturated rings. The van der Waals surface area contributed by atoms with E-state index in [-0.39, 0.29) is 111 Å². The van der Waals surface area contributed by atoms with Gasteiger partial charge >= 0.3 is 59.7 Å². The maximum atomic E-state index is 10.4. The van der Waals surface area contributed by atoms with Crippen LogP contribution in [0.1, 0.15) is 77.9 Å². The Bertz CT molecular complexity index is 6380. The molecule has 0 unspecified atom stereocenters. The highest BCUT2D eigenvalue weighted by Crippen LogP contribution is 2.41. The minimum atomic E-state index is -1.13. The highest BCUT2D eigenvalue weighted by molar-refractivity contribution is 5.91. The van der Waals surface area contributed by atoms with Crippen LogP contribution in [0.25, 0.3) is 60.8 Å². The molecule has 0 saturated heterocycles. The van der Waals surface area contributed by atoms with Crippen LogP contribution in [0.2, 0.25) is 0 Å². The maximum absolute atomic E-state index is 10.4. The van der Waals surface area contributed by atoms with Gasteiger partial charge < -0.3 is 171 Å². The zero-order valence-corrected chi connectivity index (χ0v) is 77.4. The second-order valence-electron chi connectivity index (χ2n) is 27.1. The lowest BCUT2D eigenvalue weighted by atomic mass is 10.1. The number of ether oxygens (including phenoxy) is 7. The lowest BCUT2D eigenvalue weighted by molar-refractivity contribution is -0.132. The molecule has 0 heterocycles. The fourth-order valence-electron chi connectivity index (χ4n) is 10.6. The number of methoxy groups -OCH3 is 7. The number of rotatable bonds is 31. The molecule has 10 rings (SSSR count).